The molecule has 6 heteroatoms. The van der Waals surface area contributed by atoms with E-state index >= 15 is 0 Å². The van der Waals surface area contributed by atoms with Crippen molar-refractivity contribution in [2.45, 2.75) is 32.0 Å². The van der Waals surface area contributed by atoms with Gasteiger partial charge in [0.1, 0.15) is 6.26 Å². The van der Waals surface area contributed by atoms with E-state index in [9.17, 15) is 4.79 Å². The summed E-state index contributed by atoms with van der Waals surface area (Å²) < 4.78 is 10.6. The van der Waals surface area contributed by atoms with Gasteiger partial charge in [-0.15, -0.1) is 0 Å². The standard InChI is InChI=1S/C18H23N3O3/c1-2-15(19-18(22)16-8-10-24-20-16)17-13-21(9-11-23-17)12-14-6-4-3-5-7-14/h3-8,10,15,17H,2,9,11-13H2,1H3,(H,19,22)/t15-,17-/m0/s1. The molecule has 1 aromatic heterocycles. The number of nitrogens with zero attached hydrogens (tertiary/aromatic N) is 2. The van der Waals surface area contributed by atoms with Crippen molar-refractivity contribution in [2.75, 3.05) is 19.7 Å². The number of carbonyl (C=O) groups is 1. The van der Waals surface area contributed by atoms with E-state index < -0.39 is 0 Å². The number of hydrogen-bond donors (Lipinski definition) is 1. The molecule has 0 unspecified atom stereocenters. The first-order valence-electron chi connectivity index (χ1n) is 8.35. The van der Waals surface area contributed by atoms with Crippen LogP contribution in [0.2, 0.25) is 0 Å². The lowest BCUT2D eigenvalue weighted by Gasteiger charge is -2.37. The Morgan fingerprint density at radius 3 is 2.92 bits per heavy atom. The summed E-state index contributed by atoms with van der Waals surface area (Å²) in [6, 6.07) is 11.9. The summed E-state index contributed by atoms with van der Waals surface area (Å²) in [5, 5.41) is 6.69. The average molecular weight is 329 g/mol. The Bertz CT molecular complexity index is 630. The monoisotopic (exact) mass is 329 g/mol. The van der Waals surface area contributed by atoms with Gasteiger partial charge < -0.3 is 14.6 Å². The Balaban J connectivity index is 1.58. The van der Waals surface area contributed by atoms with Crippen molar-refractivity contribution in [3.05, 3.63) is 53.9 Å². The predicted molar refractivity (Wildman–Crippen MR) is 89.5 cm³/mol. The molecule has 1 aliphatic heterocycles. The van der Waals surface area contributed by atoms with Gasteiger partial charge in [0.05, 0.1) is 18.8 Å². The molecule has 0 spiro atoms. The molecule has 2 aromatic rings. The Hall–Kier alpha value is -2.18. The van der Waals surface area contributed by atoms with Crippen molar-refractivity contribution in [3.63, 3.8) is 0 Å². The molecule has 1 aromatic carbocycles. The van der Waals surface area contributed by atoms with Gasteiger partial charge in [-0.2, -0.15) is 0 Å². The number of ether oxygens (including phenoxy) is 1. The van der Waals surface area contributed by atoms with Crippen molar-refractivity contribution in [3.8, 4) is 0 Å². The average Bonchev–Trinajstić information content (AvgIpc) is 3.15. The number of nitrogens with one attached hydrogen (secondary N) is 1. The molecular formula is C18H23N3O3. The minimum absolute atomic E-state index is 0.0247. The van der Waals surface area contributed by atoms with Gasteiger partial charge in [-0.25, -0.2) is 0 Å². The normalized spacial score (nSPS) is 19.8. The van der Waals surface area contributed by atoms with Gasteiger partial charge >= 0.3 is 0 Å². The van der Waals surface area contributed by atoms with Crippen molar-refractivity contribution in [1.82, 2.24) is 15.4 Å². The van der Waals surface area contributed by atoms with Crippen LogP contribution in [0, 0.1) is 0 Å². The second-order valence-corrected chi connectivity index (χ2v) is 6.00. The largest absolute Gasteiger partial charge is 0.373 e. The zero-order chi connectivity index (χ0) is 16.8. The van der Waals surface area contributed by atoms with Crippen molar-refractivity contribution in [1.29, 1.82) is 0 Å². The topological polar surface area (TPSA) is 67.6 Å². The third-order valence-corrected chi connectivity index (χ3v) is 4.30. The highest BCUT2D eigenvalue weighted by molar-refractivity contribution is 5.92. The van der Waals surface area contributed by atoms with Crippen LogP contribution in [0.25, 0.3) is 0 Å². The maximum Gasteiger partial charge on any atom is 0.273 e. The van der Waals surface area contributed by atoms with Crippen LogP contribution in [-0.4, -0.2) is 47.8 Å². The lowest BCUT2D eigenvalue weighted by Crippen LogP contribution is -2.53. The van der Waals surface area contributed by atoms with Gasteiger partial charge in [-0.05, 0) is 12.0 Å². The molecule has 1 N–H and O–H groups in total. The molecule has 0 aliphatic carbocycles. The summed E-state index contributed by atoms with van der Waals surface area (Å²) >= 11 is 0. The number of amides is 1. The highest BCUT2D eigenvalue weighted by Crippen LogP contribution is 2.15. The lowest BCUT2D eigenvalue weighted by molar-refractivity contribution is -0.0483. The molecule has 3 rings (SSSR count). The van der Waals surface area contributed by atoms with Gasteiger partial charge in [0, 0.05) is 25.7 Å². The second kappa shape index (κ2) is 8.08. The van der Waals surface area contributed by atoms with Crippen LogP contribution < -0.4 is 5.32 Å². The van der Waals surface area contributed by atoms with Crippen LogP contribution in [-0.2, 0) is 11.3 Å². The van der Waals surface area contributed by atoms with E-state index in [0.29, 0.717) is 12.3 Å². The number of morpholine rings is 1. The molecule has 6 nitrogen and oxygen atoms in total. The van der Waals surface area contributed by atoms with E-state index in [1.807, 2.05) is 13.0 Å². The molecule has 1 aliphatic rings. The summed E-state index contributed by atoms with van der Waals surface area (Å²) in [6.45, 7) is 5.32. The zero-order valence-electron chi connectivity index (χ0n) is 13.9. The first-order chi connectivity index (χ1) is 11.8. The molecule has 1 saturated heterocycles. The molecule has 1 amide bonds. The summed E-state index contributed by atoms with van der Waals surface area (Å²) in [7, 11) is 0. The Labute approximate surface area is 141 Å². The fraction of sp³-hybridized carbons (Fsp3) is 0.444. The third-order valence-electron chi connectivity index (χ3n) is 4.30. The summed E-state index contributed by atoms with van der Waals surface area (Å²) in [5.41, 5.74) is 1.59. The molecule has 0 radical (unpaired) electrons. The second-order valence-electron chi connectivity index (χ2n) is 6.00. The van der Waals surface area contributed by atoms with E-state index in [4.69, 9.17) is 9.26 Å². The quantitative estimate of drug-likeness (QED) is 0.879. The number of carbonyl (C=O) groups excluding carboxylic acids is 1. The Kier molecular flexibility index (Phi) is 5.61. The molecule has 2 atom stereocenters. The van der Waals surface area contributed by atoms with Crippen LogP contribution in [0.15, 0.2) is 47.2 Å². The van der Waals surface area contributed by atoms with Gasteiger partial charge in [0.2, 0.25) is 0 Å². The van der Waals surface area contributed by atoms with Gasteiger partial charge in [0.25, 0.3) is 5.91 Å². The molecule has 2 heterocycles. The minimum atomic E-state index is -0.223. The maximum atomic E-state index is 12.2. The highest BCUT2D eigenvalue weighted by atomic mass is 16.5. The van der Waals surface area contributed by atoms with E-state index in [0.717, 1.165) is 26.1 Å². The van der Waals surface area contributed by atoms with Crippen molar-refractivity contribution in [2.24, 2.45) is 0 Å². The molecule has 1 fully saturated rings. The maximum absolute atomic E-state index is 12.2. The predicted octanol–water partition coefficient (Wildman–Crippen LogP) is 2.08. The molecular weight excluding hydrogens is 306 g/mol. The van der Waals surface area contributed by atoms with Gasteiger partial charge in [-0.1, -0.05) is 42.4 Å². The van der Waals surface area contributed by atoms with Crippen LogP contribution in [0.3, 0.4) is 0 Å². The number of rotatable bonds is 6. The highest BCUT2D eigenvalue weighted by Gasteiger charge is 2.29. The van der Waals surface area contributed by atoms with Crippen LogP contribution in [0.5, 0.6) is 0 Å². The van der Waals surface area contributed by atoms with E-state index in [2.05, 4.69) is 39.6 Å². The number of aromatic nitrogens is 1. The SMILES string of the molecule is CC[C@H](NC(=O)c1ccon1)[C@@H]1CN(Cc2ccccc2)CCO1. The Morgan fingerprint density at radius 1 is 1.38 bits per heavy atom. The van der Waals surface area contributed by atoms with E-state index in [1.165, 1.54) is 11.8 Å². The molecule has 0 saturated carbocycles. The molecule has 0 bridgehead atoms. The van der Waals surface area contributed by atoms with Gasteiger partial charge in [-0.3, -0.25) is 9.69 Å². The van der Waals surface area contributed by atoms with E-state index in [-0.39, 0.29) is 18.1 Å². The van der Waals surface area contributed by atoms with Gasteiger partial charge in [0.15, 0.2) is 5.69 Å². The molecule has 24 heavy (non-hydrogen) atoms. The van der Waals surface area contributed by atoms with Crippen molar-refractivity contribution < 1.29 is 14.1 Å². The number of hydrogen-bond acceptors (Lipinski definition) is 5. The van der Waals surface area contributed by atoms with Crippen molar-refractivity contribution >= 4 is 5.91 Å². The summed E-state index contributed by atoms with van der Waals surface area (Å²) in [4.78, 5) is 14.6. The number of benzene rings is 1. The zero-order valence-corrected chi connectivity index (χ0v) is 13.9. The summed E-state index contributed by atoms with van der Waals surface area (Å²) in [6.07, 6.45) is 2.17. The molecule has 128 valence electrons. The fourth-order valence-electron chi connectivity index (χ4n) is 2.99. The van der Waals surface area contributed by atoms with Crippen LogP contribution in [0.4, 0.5) is 0 Å². The minimum Gasteiger partial charge on any atom is -0.373 e. The smallest absolute Gasteiger partial charge is 0.273 e. The Morgan fingerprint density at radius 2 is 2.21 bits per heavy atom. The summed E-state index contributed by atoms with van der Waals surface area (Å²) in [5.74, 6) is -0.223. The fourth-order valence-corrected chi connectivity index (χ4v) is 2.99. The van der Waals surface area contributed by atoms with E-state index in [1.54, 1.807) is 6.07 Å². The third kappa shape index (κ3) is 4.21. The van der Waals surface area contributed by atoms with Crippen LogP contribution >= 0.6 is 0 Å². The first kappa shape index (κ1) is 16.7. The first-order valence-corrected chi connectivity index (χ1v) is 8.35. The van der Waals surface area contributed by atoms with Crippen LogP contribution in [0.1, 0.15) is 29.4 Å². The lowest BCUT2D eigenvalue weighted by atomic mass is 10.1.